The number of rotatable bonds is 4. The first-order valence-corrected chi connectivity index (χ1v) is 6.26. The number of halogens is 3. The molecule has 1 rings (SSSR count). The molecule has 4 heteroatoms. The molecule has 0 nitrogen and oxygen atoms in total. The van der Waals surface area contributed by atoms with E-state index in [4.69, 9.17) is 0 Å². The van der Waals surface area contributed by atoms with E-state index in [1.54, 1.807) is 17.8 Å². The minimum atomic E-state index is -4.24. The van der Waals surface area contributed by atoms with Crippen molar-refractivity contribution in [1.82, 2.24) is 0 Å². The average Bonchev–Trinajstić information content (AvgIpc) is 2.25. The fourth-order valence-electron chi connectivity index (χ4n) is 1.19. The van der Waals surface area contributed by atoms with Crippen LogP contribution in [0, 0.1) is 0 Å². The fourth-order valence-corrected chi connectivity index (χ4v) is 2.09. The number of thioether (sulfide) groups is 1. The molecule has 1 atom stereocenters. The summed E-state index contributed by atoms with van der Waals surface area (Å²) >= 11 is 1.68. The van der Waals surface area contributed by atoms with E-state index in [0.29, 0.717) is 11.0 Å². The van der Waals surface area contributed by atoms with E-state index in [1.165, 1.54) is 12.1 Å². The largest absolute Gasteiger partial charge is 0.416 e. The molecule has 0 amide bonds. The molecule has 1 aromatic rings. The minimum Gasteiger partial charge on any atom is -0.166 e. The molecule has 0 aromatic heterocycles. The Morgan fingerprint density at radius 3 is 2.56 bits per heavy atom. The highest BCUT2D eigenvalue weighted by Gasteiger charge is 2.30. The maximum atomic E-state index is 12.4. The molecule has 0 spiro atoms. The summed E-state index contributed by atoms with van der Waals surface area (Å²) in [6.45, 7) is 4.15. The first kappa shape index (κ1) is 13.4. The third-order valence-corrected chi connectivity index (χ3v) is 3.77. The Labute approximate surface area is 98.2 Å². The van der Waals surface area contributed by atoms with E-state index >= 15 is 0 Å². The lowest BCUT2D eigenvalue weighted by molar-refractivity contribution is -0.137. The van der Waals surface area contributed by atoms with Gasteiger partial charge in [-0.3, -0.25) is 0 Å². The first-order valence-electron chi connectivity index (χ1n) is 5.21. The number of benzene rings is 1. The zero-order valence-electron chi connectivity index (χ0n) is 9.34. The summed E-state index contributed by atoms with van der Waals surface area (Å²) in [6, 6.07) is 5.55. The summed E-state index contributed by atoms with van der Waals surface area (Å²) < 4.78 is 37.3. The summed E-state index contributed by atoms with van der Waals surface area (Å²) in [5.41, 5.74) is 0.176. The SMILES string of the molecule is CCC(C)SCc1cccc(C(F)(F)F)c1. The van der Waals surface area contributed by atoms with Crippen LogP contribution in [-0.2, 0) is 11.9 Å². The molecule has 0 aliphatic rings. The van der Waals surface area contributed by atoms with Gasteiger partial charge in [0.2, 0.25) is 0 Å². The molecule has 1 unspecified atom stereocenters. The molecule has 0 saturated carbocycles. The van der Waals surface area contributed by atoms with E-state index < -0.39 is 11.7 Å². The van der Waals surface area contributed by atoms with Gasteiger partial charge >= 0.3 is 6.18 Å². The normalized spacial score (nSPS) is 13.8. The Bertz CT molecular complexity index is 333. The van der Waals surface area contributed by atoms with Crippen molar-refractivity contribution in [3.63, 3.8) is 0 Å². The van der Waals surface area contributed by atoms with Crippen LogP contribution in [0.4, 0.5) is 13.2 Å². The van der Waals surface area contributed by atoms with Gasteiger partial charge in [0, 0.05) is 11.0 Å². The van der Waals surface area contributed by atoms with Crippen molar-refractivity contribution in [2.24, 2.45) is 0 Å². The molecule has 0 radical (unpaired) electrons. The van der Waals surface area contributed by atoms with E-state index in [9.17, 15) is 13.2 Å². The lowest BCUT2D eigenvalue weighted by Gasteiger charge is -2.10. The number of hydrogen-bond acceptors (Lipinski definition) is 1. The van der Waals surface area contributed by atoms with Crippen LogP contribution >= 0.6 is 11.8 Å². The smallest absolute Gasteiger partial charge is 0.166 e. The zero-order chi connectivity index (χ0) is 12.2. The van der Waals surface area contributed by atoms with Crippen molar-refractivity contribution in [3.8, 4) is 0 Å². The lowest BCUT2D eigenvalue weighted by Crippen LogP contribution is -2.05. The highest BCUT2D eigenvalue weighted by atomic mass is 32.2. The summed E-state index contributed by atoms with van der Waals surface area (Å²) in [6.07, 6.45) is -3.21. The molecule has 90 valence electrons. The quantitative estimate of drug-likeness (QED) is 0.741. The second-order valence-corrected chi connectivity index (χ2v) is 5.15. The number of alkyl halides is 3. The van der Waals surface area contributed by atoms with Gasteiger partial charge in [0.05, 0.1) is 5.56 Å². The van der Waals surface area contributed by atoms with E-state index in [2.05, 4.69) is 13.8 Å². The monoisotopic (exact) mass is 248 g/mol. The molecular formula is C12H15F3S. The van der Waals surface area contributed by atoms with Gasteiger partial charge in [-0.15, -0.1) is 0 Å². The van der Waals surface area contributed by atoms with Crippen LogP contribution in [0.3, 0.4) is 0 Å². The minimum absolute atomic E-state index is 0.481. The van der Waals surface area contributed by atoms with E-state index in [-0.39, 0.29) is 0 Å². The van der Waals surface area contributed by atoms with Crippen LogP contribution in [0.2, 0.25) is 0 Å². The Kier molecular flexibility index (Phi) is 4.71. The van der Waals surface area contributed by atoms with Gasteiger partial charge in [0.15, 0.2) is 0 Å². The van der Waals surface area contributed by atoms with E-state index in [0.717, 1.165) is 18.1 Å². The zero-order valence-corrected chi connectivity index (χ0v) is 10.2. The molecule has 0 fully saturated rings. The van der Waals surface area contributed by atoms with Crippen molar-refractivity contribution in [1.29, 1.82) is 0 Å². The summed E-state index contributed by atoms with van der Waals surface area (Å²) in [7, 11) is 0. The van der Waals surface area contributed by atoms with Crippen LogP contribution in [-0.4, -0.2) is 5.25 Å². The van der Waals surface area contributed by atoms with Gasteiger partial charge < -0.3 is 0 Å². The van der Waals surface area contributed by atoms with Gasteiger partial charge in [-0.05, 0) is 18.1 Å². The molecule has 0 heterocycles. The van der Waals surface area contributed by atoms with Crippen molar-refractivity contribution in [3.05, 3.63) is 35.4 Å². The second-order valence-electron chi connectivity index (χ2n) is 3.73. The molecular weight excluding hydrogens is 233 g/mol. The highest BCUT2D eigenvalue weighted by molar-refractivity contribution is 7.99. The van der Waals surface area contributed by atoms with Crippen LogP contribution in [0.5, 0.6) is 0 Å². The summed E-state index contributed by atoms with van der Waals surface area (Å²) in [5.74, 6) is 0.638. The Morgan fingerprint density at radius 2 is 2.00 bits per heavy atom. The Balaban J connectivity index is 2.68. The van der Waals surface area contributed by atoms with Crippen LogP contribution in [0.1, 0.15) is 31.4 Å². The molecule has 0 aliphatic heterocycles. The fraction of sp³-hybridized carbons (Fsp3) is 0.500. The van der Waals surface area contributed by atoms with Crippen LogP contribution < -0.4 is 0 Å². The maximum Gasteiger partial charge on any atom is 0.416 e. The van der Waals surface area contributed by atoms with Crippen molar-refractivity contribution < 1.29 is 13.2 Å². The van der Waals surface area contributed by atoms with Crippen molar-refractivity contribution in [2.75, 3.05) is 0 Å². The predicted octanol–water partition coefficient (Wildman–Crippen LogP) is 4.74. The number of hydrogen-bond donors (Lipinski definition) is 0. The average molecular weight is 248 g/mol. The summed E-state index contributed by atoms with van der Waals surface area (Å²) in [4.78, 5) is 0. The predicted molar refractivity (Wildman–Crippen MR) is 62.5 cm³/mol. The Hall–Kier alpha value is -0.640. The molecule has 16 heavy (non-hydrogen) atoms. The van der Waals surface area contributed by atoms with Crippen molar-refractivity contribution >= 4 is 11.8 Å². The third-order valence-electron chi connectivity index (χ3n) is 2.36. The third kappa shape index (κ3) is 4.08. The molecule has 0 saturated heterocycles. The standard InChI is InChI=1S/C12H15F3S/c1-3-9(2)16-8-10-5-4-6-11(7-10)12(13,14)15/h4-7,9H,3,8H2,1-2H3. The van der Waals surface area contributed by atoms with Gasteiger partial charge in [0.25, 0.3) is 0 Å². The molecule has 0 aliphatic carbocycles. The van der Waals surface area contributed by atoms with Gasteiger partial charge in [-0.25, -0.2) is 0 Å². The van der Waals surface area contributed by atoms with Gasteiger partial charge in [-0.1, -0.05) is 32.0 Å². The molecule has 1 aromatic carbocycles. The lowest BCUT2D eigenvalue weighted by atomic mass is 10.1. The van der Waals surface area contributed by atoms with E-state index in [1.807, 2.05) is 0 Å². The molecule has 0 N–H and O–H groups in total. The van der Waals surface area contributed by atoms with Crippen molar-refractivity contribution in [2.45, 2.75) is 37.4 Å². The maximum absolute atomic E-state index is 12.4. The molecule has 0 bridgehead atoms. The first-order chi connectivity index (χ1) is 7.43. The van der Waals surface area contributed by atoms with Crippen LogP contribution in [0.25, 0.3) is 0 Å². The summed E-state index contributed by atoms with van der Waals surface area (Å²) in [5, 5.41) is 0.481. The van der Waals surface area contributed by atoms with Crippen LogP contribution in [0.15, 0.2) is 24.3 Å². The Morgan fingerprint density at radius 1 is 1.31 bits per heavy atom. The highest BCUT2D eigenvalue weighted by Crippen LogP contribution is 2.30. The second kappa shape index (κ2) is 5.62. The topological polar surface area (TPSA) is 0 Å². The van der Waals surface area contributed by atoms with Gasteiger partial charge in [-0.2, -0.15) is 24.9 Å². The van der Waals surface area contributed by atoms with Gasteiger partial charge in [0.1, 0.15) is 0 Å².